The highest BCUT2D eigenvalue weighted by atomic mass is 32.1. The molecule has 29 heavy (non-hydrogen) atoms. The van der Waals surface area contributed by atoms with E-state index in [0.717, 1.165) is 4.88 Å². The maximum atomic E-state index is 13.3. The number of rotatable bonds is 5. The zero-order valence-corrected chi connectivity index (χ0v) is 16.2. The van der Waals surface area contributed by atoms with Gasteiger partial charge in [0.05, 0.1) is 21.6 Å². The van der Waals surface area contributed by atoms with Crippen molar-refractivity contribution in [3.05, 3.63) is 74.2 Å². The fourth-order valence-electron chi connectivity index (χ4n) is 3.27. The van der Waals surface area contributed by atoms with Gasteiger partial charge in [0.1, 0.15) is 11.9 Å². The predicted molar refractivity (Wildman–Crippen MR) is 107 cm³/mol. The van der Waals surface area contributed by atoms with E-state index in [2.05, 4.69) is 10.2 Å². The number of phenolic OH excluding ortho intramolecular Hbond substituents is 1. The predicted octanol–water partition coefficient (Wildman–Crippen LogP) is 3.57. The number of hydrazone groups is 1. The lowest BCUT2D eigenvalue weighted by molar-refractivity contribution is -0.385. The fraction of sp³-hybridized carbons (Fsp3) is 0.211. The number of nitrogens with zero attached hydrogens (tertiary/aromatic N) is 5. The second-order valence-electron chi connectivity index (χ2n) is 6.43. The number of hydrogen-bond acceptors (Lipinski definition) is 7. The number of phenols is 1. The van der Waals surface area contributed by atoms with Crippen molar-refractivity contribution in [2.24, 2.45) is 5.10 Å². The van der Waals surface area contributed by atoms with Crippen molar-refractivity contribution in [3.63, 3.8) is 0 Å². The maximum absolute atomic E-state index is 13.3. The lowest BCUT2D eigenvalue weighted by Crippen LogP contribution is -2.28. The van der Waals surface area contributed by atoms with Gasteiger partial charge >= 0.3 is 11.6 Å². The molecule has 0 radical (unpaired) electrons. The number of para-hydroxylation sites is 1. The zero-order valence-electron chi connectivity index (χ0n) is 15.4. The average molecular weight is 411 g/mol. The second kappa shape index (κ2) is 7.47. The number of aryl methyl sites for hydroxylation is 1. The van der Waals surface area contributed by atoms with Crippen molar-refractivity contribution in [1.82, 2.24) is 14.8 Å². The third-order valence-electron chi connectivity index (χ3n) is 4.69. The molecule has 0 bridgehead atoms. The van der Waals surface area contributed by atoms with Crippen molar-refractivity contribution >= 4 is 28.6 Å². The Morgan fingerprint density at radius 3 is 2.79 bits per heavy atom. The van der Waals surface area contributed by atoms with E-state index in [4.69, 9.17) is 0 Å². The fourth-order valence-corrected chi connectivity index (χ4v) is 3.99. The Hall–Kier alpha value is -3.53. The number of aromatic hydroxyl groups is 1. The van der Waals surface area contributed by atoms with Crippen LogP contribution in [0.4, 0.5) is 5.69 Å². The Balaban J connectivity index is 1.79. The summed E-state index contributed by atoms with van der Waals surface area (Å²) in [4.78, 5) is 25.0. The number of carbonyl (C=O) groups is 1. The molecule has 3 heterocycles. The van der Waals surface area contributed by atoms with Crippen LogP contribution in [-0.2, 0) is 6.54 Å². The van der Waals surface area contributed by atoms with E-state index in [1.807, 2.05) is 17.5 Å². The van der Waals surface area contributed by atoms with Gasteiger partial charge in [-0.3, -0.25) is 19.6 Å². The first-order valence-corrected chi connectivity index (χ1v) is 9.82. The molecule has 1 atom stereocenters. The molecule has 0 fully saturated rings. The summed E-state index contributed by atoms with van der Waals surface area (Å²) in [5, 5.41) is 33.4. The largest absolute Gasteiger partial charge is 0.508 e. The van der Waals surface area contributed by atoms with Gasteiger partial charge in [-0.15, -0.1) is 11.3 Å². The molecule has 1 aliphatic rings. The van der Waals surface area contributed by atoms with Gasteiger partial charge in [-0.1, -0.05) is 24.3 Å². The Kier molecular flexibility index (Phi) is 4.85. The monoisotopic (exact) mass is 411 g/mol. The average Bonchev–Trinajstić information content (AvgIpc) is 3.46. The van der Waals surface area contributed by atoms with Gasteiger partial charge in [0.25, 0.3) is 0 Å². The summed E-state index contributed by atoms with van der Waals surface area (Å²) < 4.78 is 1.35. The number of nitro groups is 1. The third-order valence-corrected chi connectivity index (χ3v) is 5.60. The van der Waals surface area contributed by atoms with Crippen LogP contribution >= 0.6 is 11.3 Å². The van der Waals surface area contributed by atoms with Crippen LogP contribution in [0, 0.1) is 10.1 Å². The van der Waals surface area contributed by atoms with Crippen LogP contribution in [0.25, 0.3) is 0 Å². The minimum Gasteiger partial charge on any atom is -0.508 e. The molecule has 9 nitrogen and oxygen atoms in total. The first-order chi connectivity index (χ1) is 14.0. The van der Waals surface area contributed by atoms with Crippen molar-refractivity contribution in [2.45, 2.75) is 25.9 Å². The highest BCUT2D eigenvalue weighted by Gasteiger charge is 2.39. The molecular formula is C19H17N5O4S. The normalized spacial score (nSPS) is 16.1. The van der Waals surface area contributed by atoms with E-state index in [0.29, 0.717) is 24.2 Å². The van der Waals surface area contributed by atoms with Crippen LogP contribution in [0.3, 0.4) is 0 Å². The standard InChI is InChI=1S/C19H17N5O4S/c1-2-22-11-15(24(27)28)18(21-22)19(26)23-14(12-6-3-4-7-16(12)25)10-13(20-23)17-8-5-9-29-17/h3-9,11,14,25H,2,10H2,1H3/t14-/m1/s1. The Bertz CT molecular complexity index is 1110. The minimum atomic E-state index is -0.677. The van der Waals surface area contributed by atoms with E-state index >= 15 is 0 Å². The van der Waals surface area contributed by atoms with E-state index in [-0.39, 0.29) is 17.1 Å². The molecule has 0 saturated carbocycles. The van der Waals surface area contributed by atoms with Crippen molar-refractivity contribution in [1.29, 1.82) is 0 Å². The van der Waals surface area contributed by atoms with Gasteiger partial charge in [0.15, 0.2) is 0 Å². The minimum absolute atomic E-state index is 0.0338. The molecule has 1 amide bonds. The van der Waals surface area contributed by atoms with E-state index in [9.17, 15) is 20.0 Å². The molecule has 0 saturated heterocycles. The molecular weight excluding hydrogens is 394 g/mol. The summed E-state index contributed by atoms with van der Waals surface area (Å²) in [5.41, 5.74) is 0.564. The van der Waals surface area contributed by atoms with E-state index < -0.39 is 16.9 Å². The molecule has 0 spiro atoms. The van der Waals surface area contributed by atoms with Crippen LogP contribution in [0.5, 0.6) is 5.75 Å². The summed E-state index contributed by atoms with van der Waals surface area (Å²) in [7, 11) is 0. The molecule has 148 valence electrons. The van der Waals surface area contributed by atoms with Gasteiger partial charge < -0.3 is 5.11 Å². The van der Waals surface area contributed by atoms with Crippen LogP contribution in [0.15, 0.2) is 53.1 Å². The van der Waals surface area contributed by atoms with Crippen LogP contribution in [0.2, 0.25) is 0 Å². The van der Waals surface area contributed by atoms with Gasteiger partial charge in [-0.05, 0) is 24.4 Å². The Morgan fingerprint density at radius 1 is 1.34 bits per heavy atom. The topological polar surface area (TPSA) is 114 Å². The van der Waals surface area contributed by atoms with Gasteiger partial charge in [-0.2, -0.15) is 10.2 Å². The van der Waals surface area contributed by atoms with E-state index in [1.54, 1.807) is 25.1 Å². The third kappa shape index (κ3) is 3.38. The smallest absolute Gasteiger partial charge is 0.320 e. The summed E-state index contributed by atoms with van der Waals surface area (Å²) in [6.45, 7) is 2.17. The van der Waals surface area contributed by atoms with Gasteiger partial charge in [0, 0.05) is 18.5 Å². The van der Waals surface area contributed by atoms with Crippen LogP contribution in [0.1, 0.15) is 40.3 Å². The summed E-state index contributed by atoms with van der Waals surface area (Å²) in [6.07, 6.45) is 1.62. The first-order valence-electron chi connectivity index (χ1n) is 8.94. The van der Waals surface area contributed by atoms with Crippen molar-refractivity contribution < 1.29 is 14.8 Å². The number of aromatic nitrogens is 2. The number of benzene rings is 1. The lowest BCUT2D eigenvalue weighted by Gasteiger charge is -2.21. The molecule has 1 aliphatic heterocycles. The zero-order chi connectivity index (χ0) is 20.5. The highest BCUT2D eigenvalue weighted by Crippen LogP contribution is 2.38. The first kappa shape index (κ1) is 18.8. The molecule has 0 aliphatic carbocycles. The van der Waals surface area contributed by atoms with Crippen molar-refractivity contribution in [3.8, 4) is 5.75 Å². The van der Waals surface area contributed by atoms with Crippen molar-refractivity contribution in [2.75, 3.05) is 0 Å². The number of amides is 1. The lowest BCUT2D eigenvalue weighted by atomic mass is 10.00. The number of hydrogen-bond donors (Lipinski definition) is 1. The van der Waals surface area contributed by atoms with Crippen LogP contribution < -0.4 is 0 Å². The van der Waals surface area contributed by atoms with Crippen LogP contribution in [-0.4, -0.2) is 36.4 Å². The maximum Gasteiger partial charge on any atom is 0.320 e. The Labute approximate surface area is 169 Å². The highest BCUT2D eigenvalue weighted by molar-refractivity contribution is 7.12. The molecule has 1 aromatic carbocycles. The quantitative estimate of drug-likeness (QED) is 0.509. The summed E-state index contributed by atoms with van der Waals surface area (Å²) in [5.74, 6) is -0.643. The number of carbonyl (C=O) groups excluding carboxylic acids is 1. The Morgan fingerprint density at radius 2 is 2.14 bits per heavy atom. The molecule has 2 aromatic heterocycles. The SMILES string of the molecule is CCn1cc([N+](=O)[O-])c(C(=O)N2N=C(c3cccs3)C[C@@H]2c2ccccc2O)n1. The molecule has 1 N–H and O–H groups in total. The summed E-state index contributed by atoms with van der Waals surface area (Å²) >= 11 is 1.49. The van der Waals surface area contributed by atoms with E-state index in [1.165, 1.54) is 33.3 Å². The summed E-state index contributed by atoms with van der Waals surface area (Å²) in [6, 6.07) is 9.89. The molecule has 0 unspecified atom stereocenters. The molecule has 10 heteroatoms. The molecule has 3 aromatic rings. The second-order valence-corrected chi connectivity index (χ2v) is 7.38. The van der Waals surface area contributed by atoms with Gasteiger partial charge in [-0.25, -0.2) is 5.01 Å². The van der Waals surface area contributed by atoms with Gasteiger partial charge in [0.2, 0.25) is 5.69 Å². The number of thiophene rings is 1. The molecule has 4 rings (SSSR count).